The molecule has 0 N–H and O–H groups in total. The molecule has 0 aliphatic carbocycles. The molecule has 0 fully saturated rings. The van der Waals surface area contributed by atoms with Crippen molar-refractivity contribution in [3.05, 3.63) is 91.0 Å². The third-order valence-corrected chi connectivity index (χ3v) is 5.50. The van der Waals surface area contributed by atoms with Gasteiger partial charge in [0.25, 0.3) is 11.1 Å². The van der Waals surface area contributed by atoms with E-state index in [2.05, 4.69) is 4.98 Å². The lowest BCUT2D eigenvalue weighted by molar-refractivity contribution is 1.02. The highest BCUT2D eigenvalue weighted by Gasteiger charge is 2.17. The number of rotatable bonds is 3. The molecule has 0 unspecified atom stereocenters. The molecule has 0 aliphatic heterocycles. The Bertz CT molecular complexity index is 1410. The minimum atomic E-state index is -0.639. The Hall–Kier alpha value is -3.76. The van der Waals surface area contributed by atoms with Crippen molar-refractivity contribution in [2.45, 2.75) is 0 Å². The molecule has 6 nitrogen and oxygen atoms in total. The number of anilines is 1. The molecule has 0 atom stereocenters. The fourth-order valence-corrected chi connectivity index (χ4v) is 3.98. The first-order valence-corrected chi connectivity index (χ1v) is 9.65. The standard InChI is InChI=1S/C22H16N4O2S/c1-25(2)16-10-8-14(9-11-16)12-18-21(28)26-20(27)17(13-23)19(24-22(26)29-18)15-6-4-3-5-7-15/h3-12H,1-2H3/b18-12+. The summed E-state index contributed by atoms with van der Waals surface area (Å²) in [6.45, 7) is 0. The molecule has 7 heteroatoms. The van der Waals surface area contributed by atoms with Crippen LogP contribution in [0.1, 0.15) is 11.1 Å². The predicted octanol–water partition coefficient (Wildman–Crippen LogP) is 2.27. The first kappa shape index (κ1) is 18.6. The smallest absolute Gasteiger partial charge is 0.280 e. The monoisotopic (exact) mass is 400 g/mol. The quantitative estimate of drug-likeness (QED) is 0.527. The van der Waals surface area contributed by atoms with Crippen LogP contribution >= 0.6 is 11.3 Å². The van der Waals surface area contributed by atoms with E-state index in [1.807, 2.05) is 67.5 Å². The molecule has 142 valence electrons. The Kier molecular flexibility index (Phi) is 4.71. The van der Waals surface area contributed by atoms with E-state index in [-0.39, 0.29) is 10.5 Å². The van der Waals surface area contributed by atoms with E-state index in [1.54, 1.807) is 18.2 Å². The number of aromatic nitrogens is 2. The van der Waals surface area contributed by atoms with E-state index in [1.165, 1.54) is 0 Å². The van der Waals surface area contributed by atoms with Gasteiger partial charge in [-0.1, -0.05) is 53.8 Å². The van der Waals surface area contributed by atoms with Gasteiger partial charge in [0.15, 0.2) is 0 Å². The molecule has 0 radical (unpaired) electrons. The molecule has 0 amide bonds. The minimum absolute atomic E-state index is 0.134. The summed E-state index contributed by atoms with van der Waals surface area (Å²) in [4.78, 5) is 32.4. The van der Waals surface area contributed by atoms with Gasteiger partial charge in [0.05, 0.1) is 10.2 Å². The van der Waals surface area contributed by atoms with Crippen LogP contribution in [0.15, 0.2) is 64.2 Å². The van der Waals surface area contributed by atoms with Gasteiger partial charge in [-0.2, -0.15) is 5.26 Å². The van der Waals surface area contributed by atoms with Crippen molar-refractivity contribution in [1.29, 1.82) is 5.26 Å². The predicted molar refractivity (Wildman–Crippen MR) is 115 cm³/mol. The summed E-state index contributed by atoms with van der Waals surface area (Å²) in [5.74, 6) is 0. The van der Waals surface area contributed by atoms with Crippen LogP contribution in [0.4, 0.5) is 5.69 Å². The van der Waals surface area contributed by atoms with Gasteiger partial charge in [0.2, 0.25) is 4.96 Å². The first-order chi connectivity index (χ1) is 14.0. The number of thiazole rings is 1. The van der Waals surface area contributed by atoms with Crippen molar-refractivity contribution in [1.82, 2.24) is 9.38 Å². The van der Waals surface area contributed by atoms with E-state index >= 15 is 0 Å². The molecular weight excluding hydrogens is 384 g/mol. The van der Waals surface area contributed by atoms with Crippen molar-refractivity contribution < 1.29 is 0 Å². The van der Waals surface area contributed by atoms with Gasteiger partial charge >= 0.3 is 0 Å². The van der Waals surface area contributed by atoms with Gasteiger partial charge in [-0.05, 0) is 23.8 Å². The topological polar surface area (TPSA) is 78.5 Å². The number of hydrogen-bond acceptors (Lipinski definition) is 6. The molecule has 2 aromatic carbocycles. The first-order valence-electron chi connectivity index (χ1n) is 8.84. The van der Waals surface area contributed by atoms with Gasteiger partial charge in [-0.25, -0.2) is 9.38 Å². The second-order valence-corrected chi connectivity index (χ2v) is 7.65. The van der Waals surface area contributed by atoms with Gasteiger partial charge < -0.3 is 4.90 Å². The molecule has 4 aromatic rings. The van der Waals surface area contributed by atoms with E-state index in [4.69, 9.17) is 0 Å². The highest BCUT2D eigenvalue weighted by atomic mass is 32.1. The van der Waals surface area contributed by atoms with Gasteiger partial charge in [0.1, 0.15) is 11.6 Å². The lowest BCUT2D eigenvalue weighted by atomic mass is 10.1. The van der Waals surface area contributed by atoms with Crippen LogP contribution in [-0.2, 0) is 0 Å². The molecule has 2 aromatic heterocycles. The maximum absolute atomic E-state index is 12.8. The maximum atomic E-state index is 12.8. The molecule has 0 aliphatic rings. The Morgan fingerprint density at radius 2 is 1.72 bits per heavy atom. The fourth-order valence-electron chi connectivity index (χ4n) is 3.02. The van der Waals surface area contributed by atoms with Crippen LogP contribution in [0.25, 0.3) is 22.3 Å². The molecule has 4 rings (SSSR count). The number of nitriles is 1. The van der Waals surface area contributed by atoms with E-state index < -0.39 is 11.1 Å². The Morgan fingerprint density at radius 3 is 2.34 bits per heavy atom. The zero-order valence-electron chi connectivity index (χ0n) is 15.8. The number of benzene rings is 2. The van der Waals surface area contributed by atoms with Crippen LogP contribution in [-0.4, -0.2) is 23.5 Å². The van der Waals surface area contributed by atoms with Crippen molar-refractivity contribution >= 4 is 28.1 Å². The zero-order chi connectivity index (χ0) is 20.5. The van der Waals surface area contributed by atoms with Crippen LogP contribution in [0.2, 0.25) is 0 Å². The SMILES string of the molecule is CN(C)c1ccc(/C=c2/sc3nc(-c4ccccc4)c(C#N)c(=O)n3c2=O)cc1. The van der Waals surface area contributed by atoms with Crippen LogP contribution < -0.4 is 20.6 Å². The summed E-state index contributed by atoms with van der Waals surface area (Å²) < 4.78 is 1.37. The van der Waals surface area contributed by atoms with Crippen molar-refractivity contribution in [2.75, 3.05) is 19.0 Å². The summed E-state index contributed by atoms with van der Waals surface area (Å²) in [5.41, 5.74) is 1.61. The highest BCUT2D eigenvalue weighted by Crippen LogP contribution is 2.19. The zero-order valence-corrected chi connectivity index (χ0v) is 16.6. The summed E-state index contributed by atoms with van der Waals surface area (Å²) in [6.07, 6.45) is 1.73. The van der Waals surface area contributed by atoms with Gasteiger partial charge in [0, 0.05) is 25.3 Å². The molecule has 0 spiro atoms. The minimum Gasteiger partial charge on any atom is -0.378 e. The van der Waals surface area contributed by atoms with Crippen LogP contribution in [0.3, 0.4) is 0 Å². The Balaban J connectivity index is 1.94. The van der Waals surface area contributed by atoms with Crippen molar-refractivity contribution in [3.63, 3.8) is 0 Å². The summed E-state index contributed by atoms with van der Waals surface area (Å²) in [6, 6.07) is 18.7. The normalized spacial score (nSPS) is 11.6. The number of nitrogens with zero attached hydrogens (tertiary/aromatic N) is 4. The van der Waals surface area contributed by atoms with Gasteiger partial charge in [-0.15, -0.1) is 0 Å². The maximum Gasteiger partial charge on any atom is 0.280 e. The number of fused-ring (bicyclic) bond motifs is 1. The number of hydrogen-bond donors (Lipinski definition) is 0. The largest absolute Gasteiger partial charge is 0.378 e. The van der Waals surface area contributed by atoms with E-state index in [9.17, 15) is 14.9 Å². The average molecular weight is 400 g/mol. The lowest BCUT2D eigenvalue weighted by Crippen LogP contribution is -2.32. The third kappa shape index (κ3) is 3.30. The van der Waals surface area contributed by atoms with Crippen molar-refractivity contribution in [2.24, 2.45) is 0 Å². The summed E-state index contributed by atoms with van der Waals surface area (Å²) >= 11 is 1.14. The molecule has 0 bridgehead atoms. The highest BCUT2D eigenvalue weighted by molar-refractivity contribution is 7.15. The summed E-state index contributed by atoms with van der Waals surface area (Å²) in [5, 5.41) is 9.51. The molecule has 0 saturated carbocycles. The van der Waals surface area contributed by atoms with E-state index in [0.717, 1.165) is 27.0 Å². The van der Waals surface area contributed by atoms with E-state index in [0.29, 0.717) is 15.8 Å². The Labute approximate surface area is 170 Å². The second-order valence-electron chi connectivity index (χ2n) is 6.64. The fraction of sp³-hybridized carbons (Fsp3) is 0.0909. The van der Waals surface area contributed by atoms with Crippen LogP contribution in [0.5, 0.6) is 0 Å². The van der Waals surface area contributed by atoms with Gasteiger partial charge in [-0.3, -0.25) is 9.59 Å². The third-order valence-electron chi connectivity index (χ3n) is 4.53. The Morgan fingerprint density at radius 1 is 1.03 bits per heavy atom. The lowest BCUT2D eigenvalue weighted by Gasteiger charge is -2.11. The van der Waals surface area contributed by atoms with Crippen LogP contribution in [0, 0.1) is 11.3 Å². The summed E-state index contributed by atoms with van der Waals surface area (Å²) in [7, 11) is 3.91. The molecule has 0 saturated heterocycles. The average Bonchev–Trinajstić information content (AvgIpc) is 3.04. The molecule has 29 heavy (non-hydrogen) atoms. The second kappa shape index (κ2) is 7.34. The molecular formula is C22H16N4O2S. The van der Waals surface area contributed by atoms with Crippen molar-refractivity contribution in [3.8, 4) is 17.3 Å². The molecule has 2 heterocycles.